The van der Waals surface area contributed by atoms with Gasteiger partial charge in [0.15, 0.2) is 0 Å². The highest BCUT2D eigenvalue weighted by atomic mass is 35.5. The van der Waals surface area contributed by atoms with Gasteiger partial charge in [0.2, 0.25) is 0 Å². The van der Waals surface area contributed by atoms with Crippen molar-refractivity contribution >= 4 is 34.0 Å². The molecule has 0 amide bonds. The molecule has 2 aromatic rings. The summed E-state index contributed by atoms with van der Waals surface area (Å²) in [5, 5.41) is 10.2. The highest BCUT2D eigenvalue weighted by Gasteiger charge is 2.10. The second kappa shape index (κ2) is 10.2. The van der Waals surface area contributed by atoms with Crippen molar-refractivity contribution in [3.63, 3.8) is 0 Å². The van der Waals surface area contributed by atoms with Gasteiger partial charge in [-0.25, -0.2) is 0 Å². The van der Waals surface area contributed by atoms with Gasteiger partial charge in [-0.15, -0.1) is 0 Å². The van der Waals surface area contributed by atoms with E-state index in [9.17, 15) is 4.21 Å². The fourth-order valence-electron chi connectivity index (χ4n) is 2.36. The largest absolute Gasteiger partial charge is 0.396 e. The highest BCUT2D eigenvalue weighted by molar-refractivity contribution is 7.85. The first-order valence-electron chi connectivity index (χ1n) is 7.80. The average Bonchev–Trinajstić information content (AvgIpc) is 2.61. The Bertz CT molecular complexity index is 667. The molecule has 0 bridgehead atoms. The van der Waals surface area contributed by atoms with Crippen molar-refractivity contribution in [2.45, 2.75) is 17.9 Å². The van der Waals surface area contributed by atoms with E-state index in [-0.39, 0.29) is 6.61 Å². The van der Waals surface area contributed by atoms with Crippen molar-refractivity contribution in [1.82, 2.24) is 4.90 Å². The molecular formula is C18H21Cl2NO2S. The molecule has 1 unspecified atom stereocenters. The Labute approximate surface area is 155 Å². The number of hydrogen-bond donors (Lipinski definition) is 1. The molecule has 0 aliphatic heterocycles. The van der Waals surface area contributed by atoms with Crippen molar-refractivity contribution in [2.75, 3.05) is 25.4 Å². The fraction of sp³-hybridized carbons (Fsp3) is 0.333. The number of aliphatic hydroxyl groups excluding tert-OH is 1. The third-order valence-corrected chi connectivity index (χ3v) is 5.71. The Morgan fingerprint density at radius 2 is 1.75 bits per heavy atom. The molecule has 0 aliphatic carbocycles. The van der Waals surface area contributed by atoms with Gasteiger partial charge in [0.05, 0.1) is 20.8 Å². The van der Waals surface area contributed by atoms with Crippen molar-refractivity contribution in [3.05, 3.63) is 64.1 Å². The summed E-state index contributed by atoms with van der Waals surface area (Å²) in [7, 11) is -1.03. The lowest BCUT2D eigenvalue weighted by Gasteiger charge is -2.22. The summed E-state index contributed by atoms with van der Waals surface area (Å²) in [6.07, 6.45) is 0.680. The molecule has 0 radical (unpaired) electrons. The van der Waals surface area contributed by atoms with E-state index in [4.69, 9.17) is 28.3 Å². The second-order valence-electron chi connectivity index (χ2n) is 5.46. The van der Waals surface area contributed by atoms with Crippen LogP contribution in [-0.4, -0.2) is 39.7 Å². The van der Waals surface area contributed by atoms with Crippen molar-refractivity contribution < 1.29 is 9.32 Å². The monoisotopic (exact) mass is 385 g/mol. The van der Waals surface area contributed by atoms with Crippen LogP contribution in [0, 0.1) is 0 Å². The molecule has 0 aromatic heterocycles. The maximum absolute atomic E-state index is 12.4. The van der Waals surface area contributed by atoms with Crippen LogP contribution in [0.25, 0.3) is 0 Å². The summed E-state index contributed by atoms with van der Waals surface area (Å²) < 4.78 is 12.4. The van der Waals surface area contributed by atoms with Gasteiger partial charge in [0.1, 0.15) is 0 Å². The van der Waals surface area contributed by atoms with Gasteiger partial charge in [0.25, 0.3) is 0 Å². The van der Waals surface area contributed by atoms with Crippen LogP contribution in [0.2, 0.25) is 10.0 Å². The van der Waals surface area contributed by atoms with E-state index in [1.165, 1.54) is 0 Å². The van der Waals surface area contributed by atoms with Crippen LogP contribution in [0.5, 0.6) is 0 Å². The predicted octanol–water partition coefficient (Wildman–Crippen LogP) is 3.99. The Morgan fingerprint density at radius 3 is 2.42 bits per heavy atom. The van der Waals surface area contributed by atoms with Gasteiger partial charge in [-0.3, -0.25) is 9.11 Å². The molecule has 2 rings (SSSR count). The van der Waals surface area contributed by atoms with E-state index in [1.807, 2.05) is 42.5 Å². The van der Waals surface area contributed by atoms with Crippen LogP contribution in [-0.2, 0) is 17.3 Å². The average molecular weight is 386 g/mol. The predicted molar refractivity (Wildman–Crippen MR) is 101 cm³/mol. The van der Waals surface area contributed by atoms with Crippen molar-refractivity contribution in [1.29, 1.82) is 0 Å². The Kier molecular flexibility index (Phi) is 8.22. The van der Waals surface area contributed by atoms with Gasteiger partial charge in [-0.1, -0.05) is 47.5 Å². The summed E-state index contributed by atoms with van der Waals surface area (Å²) in [5.74, 6) is 0.552. The van der Waals surface area contributed by atoms with Crippen molar-refractivity contribution in [3.8, 4) is 0 Å². The van der Waals surface area contributed by atoms with Crippen LogP contribution in [0.3, 0.4) is 0 Å². The van der Waals surface area contributed by atoms with Gasteiger partial charge in [0, 0.05) is 36.9 Å². The number of hydrogen-bond acceptors (Lipinski definition) is 3. The molecule has 6 heteroatoms. The smallest absolute Gasteiger partial charge is 0.0595 e. The van der Waals surface area contributed by atoms with E-state index in [0.717, 1.165) is 17.0 Å². The molecule has 0 saturated heterocycles. The van der Waals surface area contributed by atoms with Crippen LogP contribution in [0.15, 0.2) is 53.4 Å². The van der Waals surface area contributed by atoms with Gasteiger partial charge < -0.3 is 5.11 Å². The highest BCUT2D eigenvalue weighted by Crippen LogP contribution is 2.23. The minimum atomic E-state index is -1.03. The zero-order chi connectivity index (χ0) is 17.4. The van der Waals surface area contributed by atoms with Gasteiger partial charge in [-0.05, 0) is 36.2 Å². The first-order valence-corrected chi connectivity index (χ1v) is 9.88. The number of halogens is 2. The Morgan fingerprint density at radius 1 is 1.00 bits per heavy atom. The lowest BCUT2D eigenvalue weighted by Crippen LogP contribution is -2.29. The Balaban J connectivity index is 1.97. The quantitative estimate of drug-likeness (QED) is 0.709. The van der Waals surface area contributed by atoms with E-state index in [0.29, 0.717) is 35.3 Å². The van der Waals surface area contributed by atoms with E-state index in [1.54, 1.807) is 6.07 Å². The number of aliphatic hydroxyl groups is 1. The van der Waals surface area contributed by atoms with Gasteiger partial charge >= 0.3 is 0 Å². The lowest BCUT2D eigenvalue weighted by molar-refractivity contribution is 0.226. The SMILES string of the molecule is O=S(CCN(CCCO)Cc1ccc(Cl)c(Cl)c1)c1ccccc1. The molecule has 0 aliphatic rings. The molecule has 2 aromatic carbocycles. The molecular weight excluding hydrogens is 365 g/mol. The van der Waals surface area contributed by atoms with Crippen LogP contribution < -0.4 is 0 Å². The maximum Gasteiger partial charge on any atom is 0.0595 e. The fourth-order valence-corrected chi connectivity index (χ4v) is 3.80. The number of benzene rings is 2. The minimum Gasteiger partial charge on any atom is -0.396 e. The molecule has 1 N–H and O–H groups in total. The summed E-state index contributed by atoms with van der Waals surface area (Å²) in [5.41, 5.74) is 1.05. The van der Waals surface area contributed by atoms with Gasteiger partial charge in [-0.2, -0.15) is 0 Å². The van der Waals surface area contributed by atoms with E-state index in [2.05, 4.69) is 4.90 Å². The summed E-state index contributed by atoms with van der Waals surface area (Å²) >= 11 is 12.0. The summed E-state index contributed by atoms with van der Waals surface area (Å²) in [6, 6.07) is 15.0. The third kappa shape index (κ3) is 6.19. The molecule has 130 valence electrons. The molecule has 0 heterocycles. The minimum absolute atomic E-state index is 0.139. The normalized spacial score (nSPS) is 12.5. The standard InChI is InChI=1S/C18H21Cl2NO2S/c19-17-8-7-15(13-18(17)20)14-21(9-4-11-22)10-12-24(23)16-5-2-1-3-6-16/h1-3,5-8,13,22H,4,9-12,14H2. The maximum atomic E-state index is 12.4. The molecule has 3 nitrogen and oxygen atoms in total. The lowest BCUT2D eigenvalue weighted by atomic mass is 10.2. The zero-order valence-corrected chi connectivity index (χ0v) is 15.7. The third-order valence-electron chi connectivity index (χ3n) is 3.62. The van der Waals surface area contributed by atoms with E-state index < -0.39 is 10.8 Å². The zero-order valence-electron chi connectivity index (χ0n) is 13.3. The number of nitrogens with zero attached hydrogens (tertiary/aromatic N) is 1. The summed E-state index contributed by atoms with van der Waals surface area (Å²) in [6.45, 7) is 2.24. The molecule has 0 fully saturated rings. The topological polar surface area (TPSA) is 40.5 Å². The first kappa shape index (κ1) is 19.4. The van der Waals surface area contributed by atoms with E-state index >= 15 is 0 Å². The van der Waals surface area contributed by atoms with Crippen molar-refractivity contribution in [2.24, 2.45) is 0 Å². The summed E-state index contributed by atoms with van der Waals surface area (Å²) in [4.78, 5) is 3.02. The van der Waals surface area contributed by atoms with Crippen LogP contribution in [0.1, 0.15) is 12.0 Å². The molecule has 0 saturated carbocycles. The van der Waals surface area contributed by atoms with Crippen LogP contribution >= 0.6 is 23.2 Å². The molecule has 0 spiro atoms. The Hall–Kier alpha value is -0.910. The van der Waals surface area contributed by atoms with Crippen LogP contribution in [0.4, 0.5) is 0 Å². The molecule has 24 heavy (non-hydrogen) atoms. The first-order chi connectivity index (χ1) is 11.6. The number of rotatable bonds is 9. The molecule has 1 atom stereocenters. The second-order valence-corrected chi connectivity index (χ2v) is 7.85.